The molecule has 0 spiro atoms. The van der Waals surface area contributed by atoms with Crippen LogP contribution >= 0.6 is 23.2 Å². The van der Waals surface area contributed by atoms with Crippen LogP contribution in [0.2, 0.25) is 10.0 Å². The first-order valence-corrected chi connectivity index (χ1v) is 7.91. The van der Waals surface area contributed by atoms with Gasteiger partial charge in [0.1, 0.15) is 0 Å². The summed E-state index contributed by atoms with van der Waals surface area (Å²) in [5.74, 6) is 0.755. The number of rotatable bonds is 6. The average Bonchev–Trinajstić information content (AvgIpc) is 2.58. The quantitative estimate of drug-likeness (QED) is 0.774. The second-order valence-corrected chi connectivity index (χ2v) is 5.76. The van der Waals surface area contributed by atoms with Gasteiger partial charge in [0.2, 0.25) is 5.91 Å². The van der Waals surface area contributed by atoms with Crippen molar-refractivity contribution in [2.75, 3.05) is 14.2 Å². The largest absolute Gasteiger partial charge is 0.493 e. The van der Waals surface area contributed by atoms with E-state index >= 15 is 0 Å². The number of nitrogens with one attached hydrogen (secondary N) is 1. The van der Waals surface area contributed by atoms with Crippen molar-refractivity contribution in [2.45, 2.75) is 6.54 Å². The fourth-order valence-electron chi connectivity index (χ4n) is 2.06. The Hall–Kier alpha value is -2.17. The van der Waals surface area contributed by atoms with Crippen LogP contribution in [-0.2, 0) is 11.3 Å². The van der Waals surface area contributed by atoms with Crippen LogP contribution in [0.15, 0.2) is 42.5 Å². The van der Waals surface area contributed by atoms with Crippen molar-refractivity contribution in [1.29, 1.82) is 0 Å². The molecule has 24 heavy (non-hydrogen) atoms. The SMILES string of the molecule is COc1cc(/C=C/C(=O)NCc2ccc(Cl)cc2)cc(Cl)c1OC. The number of benzene rings is 2. The van der Waals surface area contributed by atoms with Crippen molar-refractivity contribution in [1.82, 2.24) is 5.32 Å². The normalized spacial score (nSPS) is 10.7. The molecule has 0 saturated heterocycles. The predicted octanol–water partition coefficient (Wildman–Crippen LogP) is 4.34. The molecule has 4 nitrogen and oxygen atoms in total. The van der Waals surface area contributed by atoms with E-state index in [1.165, 1.54) is 20.3 Å². The number of amides is 1. The van der Waals surface area contributed by atoms with Crippen LogP contribution in [0.5, 0.6) is 11.5 Å². The van der Waals surface area contributed by atoms with Gasteiger partial charge in [-0.15, -0.1) is 0 Å². The molecule has 0 aliphatic carbocycles. The summed E-state index contributed by atoms with van der Waals surface area (Å²) in [6.07, 6.45) is 3.10. The summed E-state index contributed by atoms with van der Waals surface area (Å²) in [7, 11) is 3.05. The van der Waals surface area contributed by atoms with Crippen LogP contribution in [0.3, 0.4) is 0 Å². The Labute approximate surface area is 151 Å². The molecule has 0 bridgehead atoms. The fraction of sp³-hybridized carbons (Fsp3) is 0.167. The highest BCUT2D eigenvalue weighted by molar-refractivity contribution is 6.32. The molecule has 126 valence electrons. The highest BCUT2D eigenvalue weighted by Crippen LogP contribution is 2.36. The topological polar surface area (TPSA) is 47.6 Å². The van der Waals surface area contributed by atoms with Crippen LogP contribution in [0.25, 0.3) is 6.08 Å². The van der Waals surface area contributed by atoms with Gasteiger partial charge in [0.25, 0.3) is 0 Å². The van der Waals surface area contributed by atoms with Crippen molar-refractivity contribution in [3.05, 3.63) is 63.6 Å². The summed E-state index contributed by atoms with van der Waals surface area (Å²) in [5.41, 5.74) is 1.70. The van der Waals surface area contributed by atoms with Crippen molar-refractivity contribution in [3.8, 4) is 11.5 Å². The Kier molecular flexibility index (Phi) is 6.53. The first kappa shape index (κ1) is 18.2. The first-order chi connectivity index (χ1) is 11.5. The summed E-state index contributed by atoms with van der Waals surface area (Å²) in [6.45, 7) is 0.424. The summed E-state index contributed by atoms with van der Waals surface area (Å²) in [4.78, 5) is 11.9. The molecule has 2 aromatic rings. The second-order valence-electron chi connectivity index (χ2n) is 4.92. The highest BCUT2D eigenvalue weighted by Gasteiger charge is 2.09. The third-order valence-corrected chi connectivity index (χ3v) is 3.80. The van der Waals surface area contributed by atoms with Gasteiger partial charge >= 0.3 is 0 Å². The lowest BCUT2D eigenvalue weighted by molar-refractivity contribution is -0.116. The lowest BCUT2D eigenvalue weighted by atomic mass is 10.2. The van der Waals surface area contributed by atoms with E-state index in [0.717, 1.165) is 11.1 Å². The molecule has 0 heterocycles. The minimum absolute atomic E-state index is 0.212. The van der Waals surface area contributed by atoms with Gasteiger partial charge in [-0.3, -0.25) is 4.79 Å². The molecular formula is C18H17Cl2NO3. The summed E-state index contributed by atoms with van der Waals surface area (Å²) in [5, 5.41) is 3.87. The number of ether oxygens (including phenoxy) is 2. The summed E-state index contributed by atoms with van der Waals surface area (Å²) < 4.78 is 10.4. The van der Waals surface area contributed by atoms with E-state index in [0.29, 0.717) is 28.1 Å². The maximum Gasteiger partial charge on any atom is 0.244 e. The van der Waals surface area contributed by atoms with Gasteiger partial charge < -0.3 is 14.8 Å². The summed E-state index contributed by atoms with van der Waals surface area (Å²) >= 11 is 12.0. The van der Waals surface area contributed by atoms with Gasteiger partial charge in [-0.1, -0.05) is 35.3 Å². The zero-order valence-electron chi connectivity index (χ0n) is 13.3. The summed E-state index contributed by atoms with van der Waals surface area (Å²) in [6, 6.07) is 10.7. The molecule has 0 atom stereocenters. The zero-order chi connectivity index (χ0) is 17.5. The second kappa shape index (κ2) is 8.62. The van der Waals surface area contributed by atoms with Gasteiger partial charge in [0.05, 0.1) is 19.2 Å². The van der Waals surface area contributed by atoms with Gasteiger partial charge in [0.15, 0.2) is 11.5 Å². The zero-order valence-corrected chi connectivity index (χ0v) is 14.8. The molecular weight excluding hydrogens is 349 g/mol. The van der Waals surface area contributed by atoms with E-state index in [9.17, 15) is 4.79 Å². The van der Waals surface area contributed by atoms with E-state index in [2.05, 4.69) is 5.32 Å². The monoisotopic (exact) mass is 365 g/mol. The molecule has 1 amide bonds. The molecule has 0 saturated carbocycles. The van der Waals surface area contributed by atoms with Gasteiger partial charge in [-0.25, -0.2) is 0 Å². The van der Waals surface area contributed by atoms with Gasteiger partial charge in [-0.05, 0) is 41.5 Å². The van der Waals surface area contributed by atoms with Crippen LogP contribution < -0.4 is 14.8 Å². The van der Waals surface area contributed by atoms with Gasteiger partial charge in [0, 0.05) is 17.6 Å². The highest BCUT2D eigenvalue weighted by atomic mass is 35.5. The molecule has 1 N–H and O–H groups in total. The average molecular weight is 366 g/mol. The van der Waals surface area contributed by atoms with E-state index in [-0.39, 0.29) is 5.91 Å². The van der Waals surface area contributed by atoms with Crippen molar-refractivity contribution in [2.24, 2.45) is 0 Å². The third kappa shape index (κ3) is 4.91. The third-order valence-electron chi connectivity index (χ3n) is 3.26. The minimum atomic E-state index is -0.212. The van der Waals surface area contributed by atoms with E-state index in [1.807, 2.05) is 12.1 Å². The molecule has 6 heteroatoms. The van der Waals surface area contributed by atoms with E-state index < -0.39 is 0 Å². The van der Waals surface area contributed by atoms with Crippen LogP contribution in [0.1, 0.15) is 11.1 Å². The predicted molar refractivity (Wildman–Crippen MR) is 96.9 cm³/mol. The van der Waals surface area contributed by atoms with E-state index in [4.69, 9.17) is 32.7 Å². The molecule has 2 aromatic carbocycles. The lowest BCUT2D eigenvalue weighted by Crippen LogP contribution is -2.20. The number of hydrogen-bond donors (Lipinski definition) is 1. The molecule has 0 fully saturated rings. The Morgan fingerprint density at radius 1 is 1.12 bits per heavy atom. The maximum atomic E-state index is 11.9. The molecule has 0 aliphatic heterocycles. The molecule has 2 rings (SSSR count). The Balaban J connectivity index is 2.00. The maximum absolute atomic E-state index is 11.9. The Bertz CT molecular complexity index is 743. The minimum Gasteiger partial charge on any atom is -0.493 e. The Morgan fingerprint density at radius 3 is 2.46 bits per heavy atom. The Morgan fingerprint density at radius 2 is 1.83 bits per heavy atom. The van der Waals surface area contributed by atoms with Crippen LogP contribution in [0, 0.1) is 0 Å². The fourth-order valence-corrected chi connectivity index (χ4v) is 2.48. The molecule has 0 radical (unpaired) electrons. The van der Waals surface area contributed by atoms with Crippen LogP contribution in [0.4, 0.5) is 0 Å². The molecule has 0 aromatic heterocycles. The van der Waals surface area contributed by atoms with Crippen molar-refractivity contribution < 1.29 is 14.3 Å². The lowest BCUT2D eigenvalue weighted by Gasteiger charge is -2.10. The van der Waals surface area contributed by atoms with E-state index in [1.54, 1.807) is 30.3 Å². The number of carbonyl (C=O) groups excluding carboxylic acids is 1. The standard InChI is InChI=1S/C18H17Cl2NO3/c1-23-16-10-13(9-15(20)18(16)24-2)5-8-17(22)21-11-12-3-6-14(19)7-4-12/h3-10H,11H2,1-2H3,(H,21,22)/b8-5+. The number of hydrogen-bond acceptors (Lipinski definition) is 3. The van der Waals surface area contributed by atoms with Gasteiger partial charge in [-0.2, -0.15) is 0 Å². The first-order valence-electron chi connectivity index (χ1n) is 7.15. The molecule has 0 aliphatic rings. The number of carbonyl (C=O) groups is 1. The van der Waals surface area contributed by atoms with Crippen molar-refractivity contribution >= 4 is 35.2 Å². The number of halogens is 2. The smallest absolute Gasteiger partial charge is 0.244 e. The van der Waals surface area contributed by atoms with Crippen molar-refractivity contribution in [3.63, 3.8) is 0 Å². The number of methoxy groups -OCH3 is 2. The molecule has 0 unspecified atom stereocenters. The van der Waals surface area contributed by atoms with Crippen LogP contribution in [-0.4, -0.2) is 20.1 Å².